The maximum absolute atomic E-state index is 2.38. The number of hydrogen-bond acceptors (Lipinski definition) is 0. The molecule has 0 heterocycles. The van der Waals surface area contributed by atoms with Crippen molar-refractivity contribution in [3.63, 3.8) is 0 Å². The standard InChI is InChI=1S/C24H52P.ClH/c1-5-9-13-14-15-16-17-18-19-20-24-25(21-10-6-2,22-11-7-3)23-12-8-4;/h5-24H2,1-4H3;1H/q+1;. The van der Waals surface area contributed by atoms with Crippen LogP contribution < -0.4 is 0 Å². The molecule has 0 rings (SSSR count). The van der Waals surface area contributed by atoms with Gasteiger partial charge in [-0.2, -0.15) is 0 Å². The molecule has 0 saturated heterocycles. The molecule has 0 radical (unpaired) electrons. The Kier molecular flexibility index (Phi) is 24.5. The molecule has 160 valence electrons. The van der Waals surface area contributed by atoms with E-state index in [1.807, 2.05) is 0 Å². The van der Waals surface area contributed by atoms with E-state index in [1.54, 1.807) is 31.1 Å². The van der Waals surface area contributed by atoms with Gasteiger partial charge in [0.15, 0.2) is 0 Å². The van der Waals surface area contributed by atoms with Gasteiger partial charge in [0.1, 0.15) is 0 Å². The Balaban J connectivity index is 0. The van der Waals surface area contributed by atoms with Crippen LogP contribution in [-0.4, -0.2) is 24.6 Å². The van der Waals surface area contributed by atoms with Crippen LogP contribution in [0.1, 0.15) is 130 Å². The highest BCUT2D eigenvalue weighted by Gasteiger charge is 2.34. The zero-order chi connectivity index (χ0) is 18.6. The lowest BCUT2D eigenvalue weighted by atomic mass is 10.1. The van der Waals surface area contributed by atoms with E-state index < -0.39 is 7.26 Å². The zero-order valence-electron chi connectivity index (χ0n) is 19.0. The quantitative estimate of drug-likeness (QED) is 0.139. The highest BCUT2D eigenvalue weighted by molar-refractivity contribution is 7.75. The average molecular weight is 408 g/mol. The fraction of sp³-hybridized carbons (Fsp3) is 1.00. The lowest BCUT2D eigenvalue weighted by Crippen LogP contribution is -2.13. The molecule has 0 amide bonds. The van der Waals surface area contributed by atoms with Gasteiger partial charge in [-0.25, -0.2) is 0 Å². The number of halogens is 1. The fourth-order valence-electron chi connectivity index (χ4n) is 4.09. The predicted molar refractivity (Wildman–Crippen MR) is 130 cm³/mol. The van der Waals surface area contributed by atoms with E-state index in [9.17, 15) is 0 Å². The Labute approximate surface area is 174 Å². The second-order valence-corrected chi connectivity index (χ2v) is 13.0. The SMILES string of the molecule is CCCCCCCCCCCC[P+](CCCC)(CCCC)CCCC.Cl. The predicted octanol–water partition coefficient (Wildman–Crippen LogP) is 9.75. The van der Waals surface area contributed by atoms with Crippen LogP contribution in [0.2, 0.25) is 0 Å². The van der Waals surface area contributed by atoms with Crippen molar-refractivity contribution in [2.75, 3.05) is 24.6 Å². The van der Waals surface area contributed by atoms with Gasteiger partial charge in [-0.15, -0.1) is 12.4 Å². The summed E-state index contributed by atoms with van der Waals surface area (Å²) in [5, 5.41) is 0. The van der Waals surface area contributed by atoms with Crippen molar-refractivity contribution in [2.45, 2.75) is 130 Å². The van der Waals surface area contributed by atoms with Crippen LogP contribution in [0.5, 0.6) is 0 Å². The molecule has 2 heteroatoms. The molecule has 0 aromatic heterocycles. The molecule has 0 aliphatic carbocycles. The summed E-state index contributed by atoms with van der Waals surface area (Å²) in [5.74, 6) is 0. The molecule has 0 aliphatic heterocycles. The van der Waals surface area contributed by atoms with Crippen molar-refractivity contribution in [2.24, 2.45) is 0 Å². The molecule has 0 aromatic rings. The molecule has 26 heavy (non-hydrogen) atoms. The minimum absolute atomic E-state index is 0. The summed E-state index contributed by atoms with van der Waals surface area (Å²) in [6.07, 6.45) is 30.0. The van der Waals surface area contributed by atoms with E-state index in [2.05, 4.69) is 27.7 Å². The summed E-state index contributed by atoms with van der Waals surface area (Å²) in [6.45, 7) is 9.46. The fourth-order valence-corrected chi connectivity index (χ4v) is 9.28. The molecule has 0 saturated carbocycles. The molecule has 0 atom stereocenters. The highest BCUT2D eigenvalue weighted by Crippen LogP contribution is 2.61. The third-order valence-corrected chi connectivity index (χ3v) is 11.0. The van der Waals surface area contributed by atoms with Gasteiger partial charge in [-0.05, 0) is 32.1 Å². The van der Waals surface area contributed by atoms with Gasteiger partial charge in [0.05, 0.1) is 24.6 Å². The molecular formula is C24H53ClP+. The van der Waals surface area contributed by atoms with Crippen molar-refractivity contribution >= 4 is 19.7 Å². The smallest absolute Gasteiger partial charge is 0.0594 e. The first-order valence-electron chi connectivity index (χ1n) is 12.1. The molecule has 0 aliphatic rings. The van der Waals surface area contributed by atoms with Gasteiger partial charge in [0.25, 0.3) is 0 Å². The van der Waals surface area contributed by atoms with Crippen molar-refractivity contribution in [1.82, 2.24) is 0 Å². The Morgan fingerprint density at radius 1 is 0.346 bits per heavy atom. The number of unbranched alkanes of at least 4 members (excludes halogenated alkanes) is 12. The average Bonchev–Trinajstić information content (AvgIpc) is 2.64. The van der Waals surface area contributed by atoms with E-state index in [0.29, 0.717) is 0 Å². The second-order valence-electron chi connectivity index (χ2n) is 8.48. The Morgan fingerprint density at radius 2 is 0.615 bits per heavy atom. The van der Waals surface area contributed by atoms with Crippen LogP contribution in [0, 0.1) is 0 Å². The van der Waals surface area contributed by atoms with E-state index >= 15 is 0 Å². The minimum atomic E-state index is -0.620. The lowest BCUT2D eigenvalue weighted by Gasteiger charge is -2.28. The summed E-state index contributed by atoms with van der Waals surface area (Å²) in [4.78, 5) is 0. The van der Waals surface area contributed by atoms with Crippen molar-refractivity contribution in [3.8, 4) is 0 Å². The van der Waals surface area contributed by atoms with Gasteiger partial charge in [0, 0.05) is 7.26 Å². The first kappa shape index (κ1) is 28.9. The third kappa shape index (κ3) is 16.9. The summed E-state index contributed by atoms with van der Waals surface area (Å²) in [7, 11) is -0.620. The maximum Gasteiger partial charge on any atom is 0.0594 e. The van der Waals surface area contributed by atoms with Gasteiger partial charge in [0.2, 0.25) is 0 Å². The van der Waals surface area contributed by atoms with Crippen LogP contribution in [0.4, 0.5) is 0 Å². The zero-order valence-corrected chi connectivity index (χ0v) is 20.7. The van der Waals surface area contributed by atoms with Gasteiger partial charge < -0.3 is 0 Å². The van der Waals surface area contributed by atoms with Crippen LogP contribution in [0.15, 0.2) is 0 Å². The van der Waals surface area contributed by atoms with Crippen LogP contribution in [0.25, 0.3) is 0 Å². The number of hydrogen-bond donors (Lipinski definition) is 0. The molecular weight excluding hydrogens is 355 g/mol. The van der Waals surface area contributed by atoms with E-state index in [1.165, 1.54) is 96.3 Å². The Hall–Kier alpha value is 0.720. The maximum atomic E-state index is 2.38. The summed E-state index contributed by atoms with van der Waals surface area (Å²) >= 11 is 0. The van der Waals surface area contributed by atoms with Crippen LogP contribution >= 0.6 is 19.7 Å². The number of rotatable bonds is 20. The molecule has 0 bridgehead atoms. The van der Waals surface area contributed by atoms with E-state index in [-0.39, 0.29) is 12.4 Å². The molecule has 0 unspecified atom stereocenters. The summed E-state index contributed by atoms with van der Waals surface area (Å²) in [6, 6.07) is 0. The minimum Gasteiger partial charge on any atom is -0.147 e. The van der Waals surface area contributed by atoms with Crippen LogP contribution in [-0.2, 0) is 0 Å². The Bertz CT molecular complexity index is 233. The molecule has 0 fully saturated rings. The van der Waals surface area contributed by atoms with E-state index in [0.717, 1.165) is 0 Å². The summed E-state index contributed by atoms with van der Waals surface area (Å²) < 4.78 is 0. The van der Waals surface area contributed by atoms with Crippen molar-refractivity contribution < 1.29 is 0 Å². The van der Waals surface area contributed by atoms with Gasteiger partial charge in [-0.3, -0.25) is 0 Å². The molecule has 0 nitrogen and oxygen atoms in total. The van der Waals surface area contributed by atoms with Crippen LogP contribution in [0.3, 0.4) is 0 Å². The first-order valence-corrected chi connectivity index (χ1v) is 14.6. The molecule has 0 aromatic carbocycles. The topological polar surface area (TPSA) is 0 Å². The molecule has 0 spiro atoms. The van der Waals surface area contributed by atoms with Crippen molar-refractivity contribution in [3.05, 3.63) is 0 Å². The first-order chi connectivity index (χ1) is 12.2. The largest absolute Gasteiger partial charge is 0.147 e. The van der Waals surface area contributed by atoms with E-state index in [4.69, 9.17) is 0 Å². The normalized spacial score (nSPS) is 11.5. The third-order valence-electron chi connectivity index (χ3n) is 5.94. The second kappa shape index (κ2) is 22.0. The Morgan fingerprint density at radius 3 is 0.962 bits per heavy atom. The highest BCUT2D eigenvalue weighted by atomic mass is 35.5. The lowest BCUT2D eigenvalue weighted by molar-refractivity contribution is 0.562. The van der Waals surface area contributed by atoms with Gasteiger partial charge in [-0.1, -0.05) is 98.3 Å². The van der Waals surface area contributed by atoms with Gasteiger partial charge >= 0.3 is 0 Å². The summed E-state index contributed by atoms with van der Waals surface area (Å²) in [5.41, 5.74) is 0. The van der Waals surface area contributed by atoms with Crippen molar-refractivity contribution in [1.29, 1.82) is 0 Å². The monoisotopic (exact) mass is 407 g/mol. The molecule has 0 N–H and O–H groups in total.